The largest absolute Gasteiger partial charge is 0.329 e. The number of hydrogen-bond acceptors (Lipinski definition) is 4. The summed E-state index contributed by atoms with van der Waals surface area (Å²) < 4.78 is 0. The first-order valence-electron chi connectivity index (χ1n) is 10.7. The second-order valence-corrected chi connectivity index (χ2v) is 8.55. The van der Waals surface area contributed by atoms with Crippen molar-refractivity contribution in [2.24, 2.45) is 0 Å². The van der Waals surface area contributed by atoms with E-state index in [-0.39, 0.29) is 17.6 Å². The van der Waals surface area contributed by atoms with Gasteiger partial charge in [-0.2, -0.15) is 0 Å². The number of Topliss-reactive ketones (excluding diaryl/α,β-unsaturated/α-hetero) is 1. The number of aryl methyl sites for hydroxylation is 3. The predicted octanol–water partition coefficient (Wildman–Crippen LogP) is 3.19. The number of fused-ring (bicyclic) bond motifs is 1. The monoisotopic (exact) mass is 417 g/mol. The summed E-state index contributed by atoms with van der Waals surface area (Å²) in [5, 5.41) is 2.75. The van der Waals surface area contributed by atoms with Crippen molar-refractivity contribution in [2.45, 2.75) is 58.5 Å². The van der Waals surface area contributed by atoms with Gasteiger partial charge in [0.1, 0.15) is 11.8 Å². The summed E-state index contributed by atoms with van der Waals surface area (Å²) in [4.78, 5) is 43.6. The number of piperidine rings is 1. The third-order valence-corrected chi connectivity index (χ3v) is 6.20. The quantitative estimate of drug-likeness (QED) is 0.783. The number of hydrogen-bond donors (Lipinski definition) is 1. The van der Waals surface area contributed by atoms with Crippen molar-refractivity contribution in [2.75, 3.05) is 0 Å². The van der Waals surface area contributed by atoms with Crippen LogP contribution in [0.3, 0.4) is 0 Å². The Balaban J connectivity index is 1.38. The number of amides is 2. The summed E-state index contributed by atoms with van der Waals surface area (Å²) in [6, 6.07) is 7.24. The Morgan fingerprint density at radius 2 is 2.03 bits per heavy atom. The Morgan fingerprint density at radius 3 is 2.77 bits per heavy atom. The molecule has 1 atom stereocenters. The van der Waals surface area contributed by atoms with Crippen LogP contribution in [0, 0.1) is 13.8 Å². The Bertz CT molecular complexity index is 1090. The lowest BCUT2D eigenvalue weighted by molar-refractivity contribution is -0.126. The number of benzene rings is 1. The zero-order chi connectivity index (χ0) is 22.1. The van der Waals surface area contributed by atoms with Gasteiger partial charge in [-0.05, 0) is 67.5 Å². The molecule has 6 nitrogen and oxygen atoms in total. The van der Waals surface area contributed by atoms with Crippen molar-refractivity contribution in [1.29, 1.82) is 0 Å². The molecule has 2 aromatic rings. The predicted molar refractivity (Wildman–Crippen MR) is 117 cm³/mol. The molecule has 160 valence electrons. The maximum Gasteiger partial charge on any atom is 0.255 e. The molecule has 0 bridgehead atoms. The highest BCUT2D eigenvalue weighted by Crippen LogP contribution is 2.29. The van der Waals surface area contributed by atoms with Gasteiger partial charge in [-0.25, -0.2) is 0 Å². The highest BCUT2D eigenvalue weighted by atomic mass is 16.2. The number of rotatable bonds is 6. The zero-order valence-corrected chi connectivity index (χ0v) is 18.0. The number of nitrogens with zero attached hydrogens (tertiary/aromatic N) is 2. The van der Waals surface area contributed by atoms with E-state index in [2.05, 4.69) is 16.9 Å². The maximum absolute atomic E-state index is 12.8. The van der Waals surface area contributed by atoms with Crippen molar-refractivity contribution in [3.05, 3.63) is 76.2 Å². The van der Waals surface area contributed by atoms with Gasteiger partial charge >= 0.3 is 0 Å². The van der Waals surface area contributed by atoms with E-state index < -0.39 is 6.04 Å². The fraction of sp³-hybridized carbons (Fsp3) is 0.360. The van der Waals surface area contributed by atoms with Crippen LogP contribution in [-0.2, 0) is 29.0 Å². The summed E-state index contributed by atoms with van der Waals surface area (Å²) in [6.07, 6.45) is 4.47. The molecule has 2 aliphatic rings. The van der Waals surface area contributed by atoms with Crippen molar-refractivity contribution >= 4 is 17.6 Å². The van der Waals surface area contributed by atoms with E-state index in [0.29, 0.717) is 49.9 Å². The number of nitrogens with one attached hydrogen (secondary N) is 1. The lowest BCUT2D eigenvalue weighted by Gasteiger charge is -2.30. The van der Waals surface area contributed by atoms with Gasteiger partial charge in [0.2, 0.25) is 5.91 Å². The van der Waals surface area contributed by atoms with E-state index in [1.165, 1.54) is 0 Å². The molecule has 1 aromatic heterocycles. The molecule has 2 amide bonds. The minimum atomic E-state index is -0.458. The first kappa shape index (κ1) is 21.0. The third kappa shape index (κ3) is 4.43. The minimum absolute atomic E-state index is 0.105. The first-order valence-corrected chi connectivity index (χ1v) is 10.7. The lowest BCUT2D eigenvalue weighted by atomic mass is 10.0. The molecule has 3 heterocycles. The van der Waals surface area contributed by atoms with Crippen LogP contribution in [0.2, 0.25) is 0 Å². The van der Waals surface area contributed by atoms with Gasteiger partial charge in [0, 0.05) is 42.5 Å². The van der Waals surface area contributed by atoms with Crippen LogP contribution in [0.5, 0.6) is 0 Å². The number of allylic oxidation sites excluding steroid dienone is 1. The van der Waals surface area contributed by atoms with E-state index in [1.54, 1.807) is 4.90 Å². The Hall–Kier alpha value is -3.28. The minimum Gasteiger partial charge on any atom is -0.329 e. The Labute approximate surface area is 182 Å². The number of aromatic nitrogens is 1. The van der Waals surface area contributed by atoms with Crippen molar-refractivity contribution < 1.29 is 14.4 Å². The number of carbonyl (C=O) groups is 3. The zero-order valence-electron chi connectivity index (χ0n) is 18.0. The van der Waals surface area contributed by atoms with Crippen molar-refractivity contribution in [3.8, 4) is 0 Å². The number of carbonyl (C=O) groups excluding carboxylic acids is 3. The van der Waals surface area contributed by atoms with Gasteiger partial charge in [-0.3, -0.25) is 19.4 Å². The van der Waals surface area contributed by atoms with Crippen LogP contribution in [0.4, 0.5) is 0 Å². The first-order chi connectivity index (χ1) is 14.8. The van der Waals surface area contributed by atoms with E-state index in [1.807, 2.05) is 44.3 Å². The molecule has 0 spiro atoms. The normalized spacial score (nSPS) is 18.2. The Morgan fingerprint density at radius 1 is 1.23 bits per heavy atom. The van der Waals surface area contributed by atoms with E-state index in [0.717, 1.165) is 27.9 Å². The van der Waals surface area contributed by atoms with Gasteiger partial charge in [-0.1, -0.05) is 18.7 Å². The van der Waals surface area contributed by atoms with Gasteiger partial charge in [0.15, 0.2) is 0 Å². The molecule has 6 heteroatoms. The second kappa shape index (κ2) is 8.46. The van der Waals surface area contributed by atoms with Gasteiger partial charge in [0.25, 0.3) is 5.91 Å². The molecule has 0 radical (unpaired) electrons. The van der Waals surface area contributed by atoms with E-state index >= 15 is 0 Å². The van der Waals surface area contributed by atoms with Gasteiger partial charge in [0.05, 0.1) is 0 Å². The Kier molecular flexibility index (Phi) is 5.72. The number of ketones is 1. The molecule has 2 aliphatic heterocycles. The average molecular weight is 418 g/mol. The second-order valence-electron chi connectivity index (χ2n) is 8.55. The fourth-order valence-electron chi connectivity index (χ4n) is 4.22. The standard InChI is InChI=1S/C25H27N3O3/c1-15-10-20(26-13-16(15)2)12-21(29)7-5-18-6-8-22-19(11-18)14-28(25(22)31)23-9-4-17(3)27-24(23)30/h6,8,10-11,13,23H,3-5,7,9,12,14H2,1-2H3,(H,27,30). The average Bonchev–Trinajstić information content (AvgIpc) is 3.05. The SMILES string of the molecule is C=C1CCC(N2Cc3cc(CCC(=O)Cc4cc(C)c(C)cn4)ccc3C2=O)C(=O)N1. The van der Waals surface area contributed by atoms with Crippen LogP contribution in [-0.4, -0.2) is 33.5 Å². The van der Waals surface area contributed by atoms with Crippen LogP contribution in [0.25, 0.3) is 0 Å². The fourth-order valence-corrected chi connectivity index (χ4v) is 4.22. The van der Waals surface area contributed by atoms with Crippen LogP contribution in [0.1, 0.15) is 57.6 Å². The molecular weight excluding hydrogens is 390 g/mol. The van der Waals surface area contributed by atoms with Crippen LogP contribution >= 0.6 is 0 Å². The topological polar surface area (TPSA) is 79.4 Å². The third-order valence-electron chi connectivity index (χ3n) is 6.20. The lowest BCUT2D eigenvalue weighted by Crippen LogP contribution is -2.49. The van der Waals surface area contributed by atoms with E-state index in [4.69, 9.17) is 0 Å². The van der Waals surface area contributed by atoms with Gasteiger partial charge in [-0.15, -0.1) is 0 Å². The van der Waals surface area contributed by atoms with Crippen LogP contribution in [0.15, 0.2) is 42.7 Å². The summed E-state index contributed by atoms with van der Waals surface area (Å²) >= 11 is 0. The molecule has 1 saturated heterocycles. The highest BCUT2D eigenvalue weighted by Gasteiger charge is 2.38. The molecule has 0 saturated carbocycles. The summed E-state index contributed by atoms with van der Waals surface area (Å²) in [7, 11) is 0. The smallest absolute Gasteiger partial charge is 0.255 e. The maximum atomic E-state index is 12.8. The molecule has 31 heavy (non-hydrogen) atoms. The van der Waals surface area contributed by atoms with E-state index in [9.17, 15) is 14.4 Å². The van der Waals surface area contributed by atoms with Crippen LogP contribution < -0.4 is 5.32 Å². The summed E-state index contributed by atoms with van der Waals surface area (Å²) in [6.45, 7) is 8.25. The molecular formula is C25H27N3O3. The number of pyridine rings is 1. The molecule has 1 unspecified atom stereocenters. The molecule has 1 aromatic carbocycles. The molecule has 1 fully saturated rings. The molecule has 0 aliphatic carbocycles. The van der Waals surface area contributed by atoms with Crippen molar-refractivity contribution in [1.82, 2.24) is 15.2 Å². The van der Waals surface area contributed by atoms with Gasteiger partial charge < -0.3 is 10.2 Å². The summed E-state index contributed by atoms with van der Waals surface area (Å²) in [5.41, 5.74) is 6.35. The highest BCUT2D eigenvalue weighted by molar-refractivity contribution is 6.01. The molecule has 4 rings (SSSR count). The summed E-state index contributed by atoms with van der Waals surface area (Å²) in [5.74, 6) is -0.123. The van der Waals surface area contributed by atoms with Crippen molar-refractivity contribution in [3.63, 3.8) is 0 Å². The molecule has 1 N–H and O–H groups in total.